The number of aromatic nitrogens is 4. The number of carbonyl (C=O) groups is 1. The normalized spacial score (nSPS) is 12.1. The van der Waals surface area contributed by atoms with Crippen LogP contribution in [-0.4, -0.2) is 26.1 Å². The van der Waals surface area contributed by atoms with E-state index in [1.165, 1.54) is 16.1 Å². The number of hydrogen-bond acceptors (Lipinski definition) is 5. The molecule has 23 heavy (non-hydrogen) atoms. The second-order valence-corrected chi connectivity index (χ2v) is 6.82. The number of rotatable bonds is 5. The van der Waals surface area contributed by atoms with E-state index in [9.17, 15) is 4.79 Å². The monoisotopic (exact) mass is 391 g/mol. The Morgan fingerprint density at radius 3 is 2.83 bits per heavy atom. The smallest absolute Gasteiger partial charge is 0.244 e. The second-order valence-electron chi connectivity index (χ2n) is 4.96. The molecule has 0 spiro atoms. The van der Waals surface area contributed by atoms with Gasteiger partial charge >= 0.3 is 0 Å². The van der Waals surface area contributed by atoms with Crippen molar-refractivity contribution in [1.29, 1.82) is 0 Å². The maximum atomic E-state index is 12.1. The standard InChI is InChI=1S/C15H14BrN5OS/c1-10(11-4-6-12(16)7-5-11)17-14(22)9-21-19-15(18-20-21)13-3-2-8-23-13/h2-8,10H,9H2,1H3,(H,17,22). The zero-order valence-corrected chi connectivity index (χ0v) is 14.7. The summed E-state index contributed by atoms with van der Waals surface area (Å²) in [5, 5.41) is 17.0. The van der Waals surface area contributed by atoms with E-state index in [4.69, 9.17) is 0 Å². The summed E-state index contributed by atoms with van der Waals surface area (Å²) in [6, 6.07) is 11.6. The van der Waals surface area contributed by atoms with Gasteiger partial charge in [0.25, 0.3) is 0 Å². The average Bonchev–Trinajstić information content (AvgIpc) is 3.18. The third-order valence-corrected chi connectivity index (χ3v) is 4.62. The van der Waals surface area contributed by atoms with Crippen molar-refractivity contribution in [2.45, 2.75) is 19.5 Å². The number of nitrogens with one attached hydrogen (secondary N) is 1. The van der Waals surface area contributed by atoms with Gasteiger partial charge in [0.05, 0.1) is 10.9 Å². The van der Waals surface area contributed by atoms with E-state index in [-0.39, 0.29) is 18.5 Å². The molecule has 0 bridgehead atoms. The van der Waals surface area contributed by atoms with Gasteiger partial charge in [-0.1, -0.05) is 34.1 Å². The highest BCUT2D eigenvalue weighted by molar-refractivity contribution is 9.10. The van der Waals surface area contributed by atoms with Crippen LogP contribution in [0.5, 0.6) is 0 Å². The van der Waals surface area contributed by atoms with Gasteiger partial charge in [0, 0.05) is 4.47 Å². The molecule has 8 heteroatoms. The number of nitrogens with zero attached hydrogens (tertiary/aromatic N) is 4. The molecule has 3 aromatic rings. The molecule has 0 saturated heterocycles. The molecule has 1 N–H and O–H groups in total. The van der Waals surface area contributed by atoms with Crippen LogP contribution in [0.15, 0.2) is 46.3 Å². The summed E-state index contributed by atoms with van der Waals surface area (Å²) in [5.74, 6) is 0.379. The molecule has 2 aromatic heterocycles. The third kappa shape index (κ3) is 4.02. The van der Waals surface area contributed by atoms with Crippen LogP contribution in [0, 0.1) is 0 Å². The molecule has 0 fully saturated rings. The number of benzene rings is 1. The fraction of sp³-hybridized carbons (Fsp3) is 0.200. The van der Waals surface area contributed by atoms with E-state index in [0.717, 1.165) is 14.9 Å². The van der Waals surface area contributed by atoms with Crippen molar-refractivity contribution in [3.05, 3.63) is 51.8 Å². The predicted octanol–water partition coefficient (Wildman–Crippen LogP) is 3.04. The van der Waals surface area contributed by atoms with Gasteiger partial charge in [0.2, 0.25) is 11.7 Å². The molecule has 2 heterocycles. The lowest BCUT2D eigenvalue weighted by atomic mass is 10.1. The average molecular weight is 392 g/mol. The molecular formula is C15H14BrN5OS. The van der Waals surface area contributed by atoms with Gasteiger partial charge in [0.15, 0.2) is 0 Å². The summed E-state index contributed by atoms with van der Waals surface area (Å²) < 4.78 is 1.01. The predicted molar refractivity (Wildman–Crippen MR) is 91.8 cm³/mol. The quantitative estimate of drug-likeness (QED) is 0.725. The minimum Gasteiger partial charge on any atom is -0.348 e. The van der Waals surface area contributed by atoms with Crippen molar-refractivity contribution >= 4 is 33.2 Å². The van der Waals surface area contributed by atoms with Gasteiger partial charge < -0.3 is 5.32 Å². The first-order valence-corrected chi connectivity index (χ1v) is 8.65. The van der Waals surface area contributed by atoms with Crippen molar-refractivity contribution in [1.82, 2.24) is 25.5 Å². The Balaban J connectivity index is 1.60. The molecule has 3 rings (SSSR count). The van der Waals surface area contributed by atoms with Crippen LogP contribution in [0.25, 0.3) is 10.7 Å². The summed E-state index contributed by atoms with van der Waals surface area (Å²) in [6.07, 6.45) is 0. The summed E-state index contributed by atoms with van der Waals surface area (Å²) in [6.45, 7) is 1.98. The summed E-state index contributed by atoms with van der Waals surface area (Å²) >= 11 is 4.93. The number of thiophene rings is 1. The maximum absolute atomic E-state index is 12.1. The lowest BCUT2D eigenvalue weighted by Gasteiger charge is -2.14. The first-order valence-electron chi connectivity index (χ1n) is 6.98. The molecule has 1 unspecified atom stereocenters. The Labute approximate surface area is 145 Å². The van der Waals surface area contributed by atoms with Gasteiger partial charge in [-0.05, 0) is 41.3 Å². The van der Waals surface area contributed by atoms with E-state index in [0.29, 0.717) is 5.82 Å². The summed E-state index contributed by atoms with van der Waals surface area (Å²) in [5.41, 5.74) is 1.03. The van der Waals surface area contributed by atoms with Crippen molar-refractivity contribution in [2.24, 2.45) is 0 Å². The molecule has 0 aliphatic carbocycles. The fourth-order valence-corrected chi connectivity index (χ4v) is 2.98. The van der Waals surface area contributed by atoms with E-state index in [1.54, 1.807) is 0 Å². The maximum Gasteiger partial charge on any atom is 0.244 e. The highest BCUT2D eigenvalue weighted by Gasteiger charge is 2.13. The Morgan fingerprint density at radius 1 is 1.35 bits per heavy atom. The topological polar surface area (TPSA) is 72.7 Å². The zero-order valence-electron chi connectivity index (χ0n) is 12.3. The molecule has 0 saturated carbocycles. The Hall–Kier alpha value is -2.06. The van der Waals surface area contributed by atoms with Crippen molar-refractivity contribution in [3.63, 3.8) is 0 Å². The number of carbonyl (C=O) groups excluding carboxylic acids is 1. The summed E-state index contributed by atoms with van der Waals surface area (Å²) in [4.78, 5) is 14.3. The highest BCUT2D eigenvalue weighted by atomic mass is 79.9. The van der Waals surface area contributed by atoms with Crippen LogP contribution in [-0.2, 0) is 11.3 Å². The largest absolute Gasteiger partial charge is 0.348 e. The lowest BCUT2D eigenvalue weighted by molar-refractivity contribution is -0.122. The van der Waals surface area contributed by atoms with Gasteiger partial charge in [0.1, 0.15) is 6.54 Å². The molecule has 6 nitrogen and oxygen atoms in total. The lowest BCUT2D eigenvalue weighted by Crippen LogP contribution is -2.30. The molecule has 0 aliphatic heterocycles. The van der Waals surface area contributed by atoms with E-state index in [2.05, 4.69) is 36.7 Å². The van der Waals surface area contributed by atoms with Crippen LogP contribution in [0.2, 0.25) is 0 Å². The van der Waals surface area contributed by atoms with Crippen molar-refractivity contribution < 1.29 is 4.79 Å². The Bertz CT molecular complexity index is 785. The van der Waals surface area contributed by atoms with Crippen LogP contribution < -0.4 is 5.32 Å². The van der Waals surface area contributed by atoms with E-state index >= 15 is 0 Å². The number of halogens is 1. The molecule has 1 aromatic carbocycles. The molecule has 1 atom stereocenters. The SMILES string of the molecule is CC(NC(=O)Cn1nnc(-c2cccs2)n1)c1ccc(Br)cc1. The Kier molecular flexibility index (Phi) is 4.82. The van der Waals surface area contributed by atoms with Gasteiger partial charge in [-0.25, -0.2) is 0 Å². The molecular weight excluding hydrogens is 378 g/mol. The zero-order chi connectivity index (χ0) is 16.2. The van der Waals surface area contributed by atoms with Crippen LogP contribution >= 0.6 is 27.3 Å². The van der Waals surface area contributed by atoms with Crippen LogP contribution in [0.1, 0.15) is 18.5 Å². The first kappa shape index (κ1) is 15.8. The number of amides is 1. The second kappa shape index (κ2) is 7.01. The van der Waals surface area contributed by atoms with Crippen LogP contribution in [0.3, 0.4) is 0 Å². The highest BCUT2D eigenvalue weighted by Crippen LogP contribution is 2.19. The number of tetrazole rings is 1. The molecule has 118 valence electrons. The van der Waals surface area contributed by atoms with Gasteiger partial charge in [-0.2, -0.15) is 4.80 Å². The fourth-order valence-electron chi connectivity index (χ4n) is 2.07. The first-order chi connectivity index (χ1) is 11.1. The van der Waals surface area contributed by atoms with Gasteiger partial charge in [-0.15, -0.1) is 21.5 Å². The minimum absolute atomic E-state index is 0.0409. The van der Waals surface area contributed by atoms with Gasteiger partial charge in [-0.3, -0.25) is 4.79 Å². The summed E-state index contributed by atoms with van der Waals surface area (Å²) in [7, 11) is 0. The molecule has 1 amide bonds. The minimum atomic E-state index is -0.157. The van der Waals surface area contributed by atoms with Crippen molar-refractivity contribution in [2.75, 3.05) is 0 Å². The third-order valence-electron chi connectivity index (χ3n) is 3.23. The molecule has 0 aliphatic rings. The van der Waals surface area contributed by atoms with Crippen molar-refractivity contribution in [3.8, 4) is 10.7 Å². The van der Waals surface area contributed by atoms with Crippen LogP contribution in [0.4, 0.5) is 0 Å². The van der Waals surface area contributed by atoms with E-state index < -0.39 is 0 Å². The number of hydrogen-bond donors (Lipinski definition) is 1. The molecule has 0 radical (unpaired) electrons. The van der Waals surface area contributed by atoms with E-state index in [1.807, 2.05) is 48.7 Å². The Morgan fingerprint density at radius 2 is 2.13 bits per heavy atom.